The highest BCUT2D eigenvalue weighted by Crippen LogP contribution is 2.32. The van der Waals surface area contributed by atoms with Gasteiger partial charge in [0.25, 0.3) is 0 Å². The number of rotatable bonds is 4. The number of anilines is 2. The van der Waals surface area contributed by atoms with Crippen LogP contribution in [0.1, 0.15) is 19.8 Å². The van der Waals surface area contributed by atoms with E-state index in [1.165, 1.54) is 6.33 Å². The van der Waals surface area contributed by atoms with Gasteiger partial charge in [0.1, 0.15) is 6.33 Å². The molecule has 1 aromatic heterocycles. The number of nitrogens with zero attached hydrogens (tertiary/aromatic N) is 3. The van der Waals surface area contributed by atoms with Crippen LogP contribution in [-0.4, -0.2) is 49.2 Å². The quantitative estimate of drug-likeness (QED) is 0.841. The van der Waals surface area contributed by atoms with Crippen LogP contribution in [0.3, 0.4) is 0 Å². The Hall–Kier alpha value is -2.05. The van der Waals surface area contributed by atoms with Gasteiger partial charge in [-0.2, -0.15) is 0 Å². The fraction of sp³-hybridized carbons (Fsp3) is 0.615. The Kier molecular flexibility index (Phi) is 4.60. The molecule has 1 amide bonds. The van der Waals surface area contributed by atoms with E-state index in [0.29, 0.717) is 11.6 Å². The fourth-order valence-electron chi connectivity index (χ4n) is 2.48. The van der Waals surface area contributed by atoms with Gasteiger partial charge in [-0.1, -0.05) is 0 Å². The van der Waals surface area contributed by atoms with Crippen molar-refractivity contribution in [1.29, 1.82) is 0 Å². The zero-order valence-corrected chi connectivity index (χ0v) is 12.1. The summed E-state index contributed by atoms with van der Waals surface area (Å²) in [6, 6.07) is 0.250. The number of carbonyl (C=O) groups excluding carboxylic acids is 1. The number of hydrogen-bond acceptors (Lipinski definition) is 6. The predicted molar refractivity (Wildman–Crippen MR) is 77.2 cm³/mol. The Balaban J connectivity index is 2.09. The largest absolute Gasteiger partial charge is 0.490 e. The van der Waals surface area contributed by atoms with Crippen LogP contribution in [0.25, 0.3) is 0 Å². The average molecular weight is 279 g/mol. The van der Waals surface area contributed by atoms with Crippen molar-refractivity contribution in [3.8, 4) is 5.75 Å². The summed E-state index contributed by atoms with van der Waals surface area (Å²) in [5, 5.41) is 5.96. The molecule has 1 saturated heterocycles. The average Bonchev–Trinajstić information content (AvgIpc) is 2.46. The summed E-state index contributed by atoms with van der Waals surface area (Å²) in [5.41, 5.74) is 0. The Morgan fingerprint density at radius 2 is 2.10 bits per heavy atom. The van der Waals surface area contributed by atoms with E-state index in [1.807, 2.05) is 0 Å². The van der Waals surface area contributed by atoms with E-state index in [0.717, 1.165) is 31.7 Å². The van der Waals surface area contributed by atoms with Gasteiger partial charge < -0.3 is 20.3 Å². The first-order chi connectivity index (χ1) is 9.65. The molecule has 0 bridgehead atoms. The van der Waals surface area contributed by atoms with E-state index in [2.05, 4.69) is 25.5 Å². The van der Waals surface area contributed by atoms with Crippen LogP contribution in [-0.2, 0) is 4.79 Å². The summed E-state index contributed by atoms with van der Waals surface area (Å²) in [6.45, 7) is 3.22. The maximum Gasteiger partial charge on any atom is 0.217 e. The molecule has 0 aromatic carbocycles. The maximum atomic E-state index is 11.1. The summed E-state index contributed by atoms with van der Waals surface area (Å²) in [4.78, 5) is 21.7. The van der Waals surface area contributed by atoms with Crippen molar-refractivity contribution < 1.29 is 9.53 Å². The SMILES string of the molecule is CNc1ncnc(N2CCC(NC(C)=O)CC2)c1OC. The molecule has 0 spiro atoms. The number of aromatic nitrogens is 2. The number of nitrogens with one attached hydrogen (secondary N) is 2. The van der Waals surface area contributed by atoms with E-state index < -0.39 is 0 Å². The van der Waals surface area contributed by atoms with Crippen molar-refractivity contribution in [3.05, 3.63) is 6.33 Å². The van der Waals surface area contributed by atoms with Crippen LogP contribution in [0.4, 0.5) is 11.6 Å². The van der Waals surface area contributed by atoms with Crippen LogP contribution >= 0.6 is 0 Å². The first-order valence-corrected chi connectivity index (χ1v) is 6.74. The van der Waals surface area contributed by atoms with Crippen molar-refractivity contribution in [2.75, 3.05) is 37.5 Å². The van der Waals surface area contributed by atoms with Gasteiger partial charge in [0.05, 0.1) is 7.11 Å². The van der Waals surface area contributed by atoms with Crippen molar-refractivity contribution in [3.63, 3.8) is 0 Å². The molecule has 1 aliphatic heterocycles. The van der Waals surface area contributed by atoms with Gasteiger partial charge in [-0.25, -0.2) is 9.97 Å². The van der Waals surface area contributed by atoms with E-state index in [-0.39, 0.29) is 11.9 Å². The second-order valence-corrected chi connectivity index (χ2v) is 4.79. The third kappa shape index (κ3) is 3.09. The molecule has 110 valence electrons. The van der Waals surface area contributed by atoms with Crippen molar-refractivity contribution in [2.45, 2.75) is 25.8 Å². The molecule has 0 saturated carbocycles. The van der Waals surface area contributed by atoms with Crippen LogP contribution in [0.5, 0.6) is 5.75 Å². The topological polar surface area (TPSA) is 79.4 Å². The van der Waals surface area contributed by atoms with Gasteiger partial charge in [0.2, 0.25) is 11.7 Å². The Labute approximate surface area is 118 Å². The molecule has 2 rings (SSSR count). The predicted octanol–water partition coefficient (Wildman–Crippen LogP) is 0.632. The molecule has 0 aliphatic carbocycles. The highest BCUT2D eigenvalue weighted by molar-refractivity contribution is 5.73. The summed E-state index contributed by atoms with van der Waals surface area (Å²) >= 11 is 0. The molecular weight excluding hydrogens is 258 g/mol. The third-order valence-electron chi connectivity index (χ3n) is 3.43. The minimum Gasteiger partial charge on any atom is -0.490 e. The molecular formula is C13H21N5O2. The number of carbonyl (C=O) groups is 1. The van der Waals surface area contributed by atoms with Crippen molar-refractivity contribution in [1.82, 2.24) is 15.3 Å². The van der Waals surface area contributed by atoms with Gasteiger partial charge in [-0.15, -0.1) is 0 Å². The highest BCUT2D eigenvalue weighted by atomic mass is 16.5. The number of ether oxygens (including phenoxy) is 1. The lowest BCUT2D eigenvalue weighted by atomic mass is 10.1. The summed E-state index contributed by atoms with van der Waals surface area (Å²) < 4.78 is 5.41. The molecule has 0 radical (unpaired) electrons. The van der Waals surface area contributed by atoms with Crippen LogP contribution in [0, 0.1) is 0 Å². The van der Waals surface area contributed by atoms with Gasteiger partial charge in [-0.05, 0) is 12.8 Å². The van der Waals surface area contributed by atoms with Gasteiger partial charge >= 0.3 is 0 Å². The van der Waals surface area contributed by atoms with E-state index in [9.17, 15) is 4.79 Å². The standard InChI is InChI=1S/C13H21N5O2/c1-9(19)17-10-4-6-18(7-5-10)13-11(20-3)12(14-2)15-8-16-13/h8,10H,4-7H2,1-3H3,(H,17,19)(H,14,15,16). The first kappa shape index (κ1) is 14.4. The molecule has 1 aromatic rings. The maximum absolute atomic E-state index is 11.1. The van der Waals surface area contributed by atoms with Crippen LogP contribution < -0.4 is 20.3 Å². The number of piperidine rings is 1. The number of methoxy groups -OCH3 is 1. The summed E-state index contributed by atoms with van der Waals surface area (Å²) in [5.74, 6) is 2.17. The fourth-order valence-corrected chi connectivity index (χ4v) is 2.48. The van der Waals surface area contributed by atoms with E-state index in [4.69, 9.17) is 4.74 Å². The third-order valence-corrected chi connectivity index (χ3v) is 3.43. The lowest BCUT2D eigenvalue weighted by molar-refractivity contribution is -0.119. The minimum absolute atomic E-state index is 0.0283. The molecule has 2 heterocycles. The van der Waals surface area contributed by atoms with Crippen molar-refractivity contribution in [2.24, 2.45) is 0 Å². The van der Waals surface area contributed by atoms with E-state index >= 15 is 0 Å². The lowest BCUT2D eigenvalue weighted by Gasteiger charge is -2.33. The smallest absolute Gasteiger partial charge is 0.217 e. The lowest BCUT2D eigenvalue weighted by Crippen LogP contribution is -2.44. The van der Waals surface area contributed by atoms with Gasteiger partial charge in [-0.3, -0.25) is 4.79 Å². The second-order valence-electron chi connectivity index (χ2n) is 4.79. The number of amides is 1. The van der Waals surface area contributed by atoms with Crippen molar-refractivity contribution >= 4 is 17.5 Å². The molecule has 0 atom stereocenters. The summed E-state index contributed by atoms with van der Waals surface area (Å²) in [6.07, 6.45) is 3.34. The first-order valence-electron chi connectivity index (χ1n) is 6.74. The number of hydrogen-bond donors (Lipinski definition) is 2. The second kappa shape index (κ2) is 6.40. The Morgan fingerprint density at radius 3 is 2.65 bits per heavy atom. The Morgan fingerprint density at radius 1 is 1.40 bits per heavy atom. The normalized spacial score (nSPS) is 15.8. The molecule has 2 N–H and O–H groups in total. The Bertz CT molecular complexity index is 472. The zero-order valence-electron chi connectivity index (χ0n) is 12.1. The highest BCUT2D eigenvalue weighted by Gasteiger charge is 2.24. The zero-order chi connectivity index (χ0) is 14.5. The summed E-state index contributed by atoms with van der Waals surface area (Å²) in [7, 11) is 3.42. The molecule has 1 aliphatic rings. The molecule has 7 heteroatoms. The molecule has 7 nitrogen and oxygen atoms in total. The molecule has 20 heavy (non-hydrogen) atoms. The molecule has 0 unspecified atom stereocenters. The van der Waals surface area contributed by atoms with Gasteiger partial charge in [0, 0.05) is 33.1 Å². The van der Waals surface area contributed by atoms with Crippen LogP contribution in [0.15, 0.2) is 6.33 Å². The van der Waals surface area contributed by atoms with Crippen LogP contribution in [0.2, 0.25) is 0 Å². The van der Waals surface area contributed by atoms with E-state index in [1.54, 1.807) is 21.1 Å². The van der Waals surface area contributed by atoms with Gasteiger partial charge in [0.15, 0.2) is 11.6 Å². The minimum atomic E-state index is 0.0283. The molecule has 1 fully saturated rings. The monoisotopic (exact) mass is 279 g/mol.